The molecule has 4 nitrogen and oxygen atoms in total. The number of hydrogen-bond donors (Lipinski definition) is 1. The maximum absolute atomic E-state index is 13.1. The molecule has 1 heterocycles. The van der Waals surface area contributed by atoms with E-state index in [0.717, 1.165) is 5.56 Å². The van der Waals surface area contributed by atoms with Crippen LogP contribution in [0.1, 0.15) is 22.3 Å². The van der Waals surface area contributed by atoms with E-state index in [1.807, 2.05) is 12.1 Å². The van der Waals surface area contributed by atoms with E-state index >= 15 is 0 Å². The summed E-state index contributed by atoms with van der Waals surface area (Å²) in [5, 5.41) is 2.46. The number of carbonyl (C=O) groups excluding carboxylic acids is 2. The van der Waals surface area contributed by atoms with Crippen LogP contribution in [-0.2, 0) is 34.8 Å². The number of nitrogens with one attached hydrogen (secondary N) is 1. The van der Waals surface area contributed by atoms with E-state index in [-0.39, 0.29) is 31.1 Å². The van der Waals surface area contributed by atoms with Crippen molar-refractivity contribution in [1.82, 2.24) is 10.2 Å². The number of alkyl halides is 6. The first-order valence-electron chi connectivity index (χ1n) is 9.36. The lowest BCUT2D eigenvalue weighted by atomic mass is 10.00. The highest BCUT2D eigenvalue weighted by Crippen LogP contribution is 2.36. The fourth-order valence-corrected chi connectivity index (χ4v) is 3.46. The maximum Gasteiger partial charge on any atom is 0.416 e. The van der Waals surface area contributed by atoms with Gasteiger partial charge in [0.2, 0.25) is 0 Å². The monoisotopic (exact) mass is 444 g/mol. The molecular weight excluding hydrogens is 426 g/mol. The molecule has 1 atom stereocenters. The lowest BCUT2D eigenvalue weighted by Crippen LogP contribution is -2.59. The van der Waals surface area contributed by atoms with Crippen molar-refractivity contribution in [3.63, 3.8) is 0 Å². The zero-order valence-corrected chi connectivity index (χ0v) is 16.1. The van der Waals surface area contributed by atoms with Crippen molar-refractivity contribution in [3.8, 4) is 0 Å². The predicted molar refractivity (Wildman–Crippen MR) is 98.8 cm³/mol. The molecule has 0 spiro atoms. The predicted octanol–water partition coefficient (Wildman–Crippen LogP) is 3.84. The summed E-state index contributed by atoms with van der Waals surface area (Å²) in [6, 6.07) is 9.89. The minimum absolute atomic E-state index is 0.0567. The standard InChI is InChI=1S/C21H18F6N2O2/c22-20(23,24)15-8-14(9-16(11-15)21(25,26)27)6-7-29-17(12-28-18(30)19(29)31)10-13-4-2-1-3-5-13/h1-5,8-9,11,17H,6-7,10,12H2,(H,28,30)/t17-/m0/s1. The molecular formula is C21H18F6N2O2. The van der Waals surface area contributed by atoms with E-state index < -0.39 is 41.3 Å². The first kappa shape index (κ1) is 22.6. The molecule has 1 fully saturated rings. The van der Waals surface area contributed by atoms with E-state index in [1.165, 1.54) is 4.90 Å². The topological polar surface area (TPSA) is 49.4 Å². The van der Waals surface area contributed by atoms with E-state index in [1.54, 1.807) is 18.2 Å². The van der Waals surface area contributed by atoms with Gasteiger partial charge in [0.1, 0.15) is 0 Å². The first-order chi connectivity index (χ1) is 14.4. The molecule has 0 aliphatic carbocycles. The van der Waals surface area contributed by atoms with Gasteiger partial charge in [-0.1, -0.05) is 30.3 Å². The second-order valence-corrected chi connectivity index (χ2v) is 7.22. The Labute approximate surface area is 173 Å². The second-order valence-electron chi connectivity index (χ2n) is 7.22. The molecule has 0 saturated carbocycles. The zero-order chi connectivity index (χ0) is 22.8. The van der Waals surface area contributed by atoms with Crippen LogP contribution in [0.25, 0.3) is 0 Å². The largest absolute Gasteiger partial charge is 0.416 e. The summed E-state index contributed by atoms with van der Waals surface area (Å²) < 4.78 is 78.4. The Bertz CT molecular complexity index is 924. The van der Waals surface area contributed by atoms with Crippen LogP contribution in [0.3, 0.4) is 0 Å². The molecule has 1 aliphatic heterocycles. The molecule has 0 unspecified atom stereocenters. The minimum atomic E-state index is -4.95. The van der Waals surface area contributed by atoms with E-state index in [2.05, 4.69) is 5.32 Å². The van der Waals surface area contributed by atoms with Crippen LogP contribution >= 0.6 is 0 Å². The van der Waals surface area contributed by atoms with Crippen LogP contribution < -0.4 is 5.32 Å². The zero-order valence-electron chi connectivity index (χ0n) is 16.1. The highest BCUT2D eigenvalue weighted by Gasteiger charge is 2.37. The number of amides is 2. The first-order valence-corrected chi connectivity index (χ1v) is 9.36. The van der Waals surface area contributed by atoms with Gasteiger partial charge in [0.15, 0.2) is 0 Å². The van der Waals surface area contributed by atoms with Gasteiger partial charge in [-0.05, 0) is 42.2 Å². The second kappa shape index (κ2) is 8.60. The lowest BCUT2D eigenvalue weighted by molar-refractivity contribution is -0.150. The Morgan fingerprint density at radius 1 is 0.871 bits per heavy atom. The normalized spacial score (nSPS) is 17.6. The third-order valence-corrected chi connectivity index (χ3v) is 5.00. The van der Waals surface area contributed by atoms with Crippen molar-refractivity contribution in [2.24, 2.45) is 0 Å². The molecule has 10 heteroatoms. The molecule has 3 rings (SSSR count). The average Bonchev–Trinajstić information content (AvgIpc) is 2.70. The van der Waals surface area contributed by atoms with Crippen LogP contribution in [0.2, 0.25) is 0 Å². The fraction of sp³-hybridized carbons (Fsp3) is 0.333. The van der Waals surface area contributed by atoms with Crippen LogP contribution in [0.15, 0.2) is 48.5 Å². The Morgan fingerprint density at radius 2 is 1.45 bits per heavy atom. The molecule has 0 radical (unpaired) electrons. The average molecular weight is 444 g/mol. The maximum atomic E-state index is 13.1. The van der Waals surface area contributed by atoms with Crippen molar-refractivity contribution < 1.29 is 35.9 Å². The highest BCUT2D eigenvalue weighted by atomic mass is 19.4. The number of nitrogens with zero attached hydrogens (tertiary/aromatic N) is 1. The van der Waals surface area contributed by atoms with Gasteiger partial charge in [0.25, 0.3) is 0 Å². The highest BCUT2D eigenvalue weighted by molar-refractivity contribution is 6.35. The summed E-state index contributed by atoms with van der Waals surface area (Å²) in [5.74, 6) is -1.72. The van der Waals surface area contributed by atoms with Crippen LogP contribution in [0.4, 0.5) is 26.3 Å². The lowest BCUT2D eigenvalue weighted by Gasteiger charge is -2.35. The van der Waals surface area contributed by atoms with Gasteiger partial charge in [-0.25, -0.2) is 0 Å². The quantitative estimate of drug-likeness (QED) is 0.563. The van der Waals surface area contributed by atoms with Crippen molar-refractivity contribution in [2.45, 2.75) is 31.2 Å². The van der Waals surface area contributed by atoms with Crippen LogP contribution in [-0.4, -0.2) is 35.8 Å². The minimum Gasteiger partial charge on any atom is -0.346 e. The van der Waals surface area contributed by atoms with Gasteiger partial charge in [0, 0.05) is 13.1 Å². The summed E-state index contributed by atoms with van der Waals surface area (Å²) in [6.07, 6.45) is -9.79. The third-order valence-electron chi connectivity index (χ3n) is 5.00. The van der Waals surface area contributed by atoms with Gasteiger partial charge < -0.3 is 10.2 Å². The van der Waals surface area contributed by atoms with E-state index in [4.69, 9.17) is 0 Å². The van der Waals surface area contributed by atoms with Crippen molar-refractivity contribution in [3.05, 3.63) is 70.8 Å². The van der Waals surface area contributed by atoms with Gasteiger partial charge >= 0.3 is 24.2 Å². The molecule has 2 aromatic carbocycles. The third kappa shape index (κ3) is 5.56. The summed E-state index contributed by atoms with van der Waals surface area (Å²) in [6.45, 7) is -0.0573. The van der Waals surface area contributed by atoms with Gasteiger partial charge in [-0.2, -0.15) is 26.3 Å². The van der Waals surface area contributed by atoms with E-state index in [0.29, 0.717) is 18.6 Å². The SMILES string of the molecule is O=C1NC[C@H](Cc2ccccc2)N(CCc2cc(C(F)(F)F)cc(C(F)(F)F)c2)C1=O. The van der Waals surface area contributed by atoms with Crippen LogP contribution in [0, 0.1) is 0 Å². The molecule has 2 amide bonds. The molecule has 0 bridgehead atoms. The Balaban J connectivity index is 1.84. The molecule has 31 heavy (non-hydrogen) atoms. The van der Waals surface area contributed by atoms with Gasteiger partial charge in [0.05, 0.1) is 17.2 Å². The summed E-state index contributed by atoms with van der Waals surface area (Å²) in [7, 11) is 0. The molecule has 166 valence electrons. The Hall–Kier alpha value is -3.04. The summed E-state index contributed by atoms with van der Waals surface area (Å²) in [5.41, 5.74) is -2.18. The number of hydrogen-bond acceptors (Lipinski definition) is 2. The summed E-state index contributed by atoms with van der Waals surface area (Å²) in [4.78, 5) is 25.3. The van der Waals surface area contributed by atoms with Crippen LogP contribution in [0.5, 0.6) is 0 Å². The van der Waals surface area contributed by atoms with Gasteiger partial charge in [-0.15, -0.1) is 0 Å². The fourth-order valence-electron chi connectivity index (χ4n) is 3.46. The molecule has 1 aliphatic rings. The number of rotatable bonds is 5. The van der Waals surface area contributed by atoms with Gasteiger partial charge in [-0.3, -0.25) is 9.59 Å². The molecule has 1 N–H and O–H groups in total. The van der Waals surface area contributed by atoms with Crippen molar-refractivity contribution >= 4 is 11.8 Å². The van der Waals surface area contributed by atoms with Crippen molar-refractivity contribution in [1.29, 1.82) is 0 Å². The molecule has 2 aromatic rings. The summed E-state index contributed by atoms with van der Waals surface area (Å²) >= 11 is 0. The number of piperazine rings is 1. The Morgan fingerprint density at radius 3 is 2.00 bits per heavy atom. The van der Waals surface area contributed by atoms with E-state index in [9.17, 15) is 35.9 Å². The molecule has 0 aromatic heterocycles. The number of halogens is 6. The molecule has 1 saturated heterocycles. The number of carbonyl (C=O) groups is 2. The Kier molecular flexibility index (Phi) is 6.28. The van der Waals surface area contributed by atoms with Crippen molar-refractivity contribution in [2.75, 3.05) is 13.1 Å². The smallest absolute Gasteiger partial charge is 0.346 e. The number of benzene rings is 2.